The number of hydrogen-bond donors (Lipinski definition) is 1. The number of carbonyl (C=O) groups is 1. The average Bonchev–Trinajstić information content (AvgIpc) is 3.31. The zero-order valence-corrected chi connectivity index (χ0v) is 18.3. The molecule has 1 atom stereocenters. The zero-order chi connectivity index (χ0) is 22.3. The van der Waals surface area contributed by atoms with Gasteiger partial charge in [0.25, 0.3) is 0 Å². The van der Waals surface area contributed by atoms with Gasteiger partial charge in [-0.25, -0.2) is 0 Å². The SMILES string of the molecule is COc1ccc(-c2noc(CN3CCC[C@@H](C(=O)NCc4ccccn4)C3)n2)cc1OC. The van der Waals surface area contributed by atoms with E-state index in [0.29, 0.717) is 42.8 Å². The molecular formula is C23H27N5O4. The van der Waals surface area contributed by atoms with Crippen molar-refractivity contribution in [3.8, 4) is 22.9 Å². The van der Waals surface area contributed by atoms with Crippen LogP contribution in [0.3, 0.4) is 0 Å². The lowest BCUT2D eigenvalue weighted by Crippen LogP contribution is -2.42. The van der Waals surface area contributed by atoms with Crippen LogP contribution in [0.25, 0.3) is 11.4 Å². The fourth-order valence-corrected chi connectivity index (χ4v) is 3.84. The molecule has 168 valence electrons. The second-order valence-electron chi connectivity index (χ2n) is 7.69. The molecular weight excluding hydrogens is 410 g/mol. The number of pyridine rings is 1. The Hall–Kier alpha value is -3.46. The molecule has 1 aliphatic rings. The van der Waals surface area contributed by atoms with Crippen LogP contribution in [0.5, 0.6) is 11.5 Å². The minimum atomic E-state index is -0.0688. The van der Waals surface area contributed by atoms with Crippen LogP contribution < -0.4 is 14.8 Å². The van der Waals surface area contributed by atoms with E-state index in [1.54, 1.807) is 20.4 Å². The number of carbonyl (C=O) groups excluding carboxylic acids is 1. The van der Waals surface area contributed by atoms with Crippen LogP contribution in [0.4, 0.5) is 0 Å². The highest BCUT2D eigenvalue weighted by atomic mass is 16.5. The van der Waals surface area contributed by atoms with Gasteiger partial charge in [-0.2, -0.15) is 4.98 Å². The minimum Gasteiger partial charge on any atom is -0.493 e. The molecule has 1 amide bonds. The molecule has 0 saturated carbocycles. The topological polar surface area (TPSA) is 103 Å². The van der Waals surface area contributed by atoms with Crippen molar-refractivity contribution in [1.82, 2.24) is 25.3 Å². The molecule has 0 aliphatic carbocycles. The minimum absolute atomic E-state index is 0.0527. The van der Waals surface area contributed by atoms with Gasteiger partial charge in [0.15, 0.2) is 11.5 Å². The van der Waals surface area contributed by atoms with Crippen LogP contribution in [0, 0.1) is 5.92 Å². The summed E-state index contributed by atoms with van der Waals surface area (Å²) >= 11 is 0. The van der Waals surface area contributed by atoms with E-state index >= 15 is 0 Å². The van der Waals surface area contributed by atoms with Crippen LogP contribution in [-0.2, 0) is 17.9 Å². The fraction of sp³-hybridized carbons (Fsp3) is 0.391. The maximum atomic E-state index is 12.6. The molecule has 0 radical (unpaired) electrons. The van der Waals surface area contributed by atoms with E-state index in [2.05, 4.69) is 25.3 Å². The van der Waals surface area contributed by atoms with Crippen molar-refractivity contribution in [3.05, 3.63) is 54.2 Å². The summed E-state index contributed by atoms with van der Waals surface area (Å²) in [5.41, 5.74) is 1.63. The molecule has 1 aliphatic heterocycles. The highest BCUT2D eigenvalue weighted by Crippen LogP contribution is 2.31. The Labute approximate surface area is 186 Å². The monoisotopic (exact) mass is 437 g/mol. The number of amides is 1. The summed E-state index contributed by atoms with van der Waals surface area (Å²) in [4.78, 5) is 23.6. The molecule has 2 aromatic heterocycles. The number of rotatable bonds is 8. The van der Waals surface area contributed by atoms with Crippen molar-refractivity contribution in [2.75, 3.05) is 27.3 Å². The predicted molar refractivity (Wildman–Crippen MR) is 117 cm³/mol. The Balaban J connectivity index is 1.34. The molecule has 9 nitrogen and oxygen atoms in total. The van der Waals surface area contributed by atoms with Gasteiger partial charge in [0.1, 0.15) is 0 Å². The largest absolute Gasteiger partial charge is 0.493 e. The third-order valence-electron chi connectivity index (χ3n) is 5.51. The predicted octanol–water partition coefficient (Wildman–Crippen LogP) is 2.68. The lowest BCUT2D eigenvalue weighted by Gasteiger charge is -2.30. The van der Waals surface area contributed by atoms with Crippen LogP contribution >= 0.6 is 0 Å². The number of ether oxygens (including phenoxy) is 2. The molecule has 0 unspecified atom stereocenters. The Morgan fingerprint density at radius 1 is 1.22 bits per heavy atom. The first-order valence-corrected chi connectivity index (χ1v) is 10.6. The van der Waals surface area contributed by atoms with E-state index in [9.17, 15) is 4.79 Å². The number of benzene rings is 1. The maximum Gasteiger partial charge on any atom is 0.241 e. The highest BCUT2D eigenvalue weighted by molar-refractivity contribution is 5.78. The van der Waals surface area contributed by atoms with Gasteiger partial charge < -0.3 is 19.3 Å². The Morgan fingerprint density at radius 3 is 2.88 bits per heavy atom. The number of nitrogens with zero attached hydrogens (tertiary/aromatic N) is 4. The summed E-state index contributed by atoms with van der Waals surface area (Å²) < 4.78 is 16.1. The molecule has 32 heavy (non-hydrogen) atoms. The molecule has 1 saturated heterocycles. The maximum absolute atomic E-state index is 12.6. The van der Waals surface area contributed by atoms with E-state index in [1.165, 1.54) is 0 Å². The standard InChI is InChI=1S/C23H27N5O4/c1-30-19-9-8-16(12-20(19)31-2)22-26-21(32-27-22)15-28-11-5-6-17(14-28)23(29)25-13-18-7-3-4-10-24-18/h3-4,7-10,12,17H,5-6,11,13-15H2,1-2H3,(H,25,29)/t17-/m1/s1. The molecule has 1 fully saturated rings. The van der Waals surface area contributed by atoms with Crippen molar-refractivity contribution >= 4 is 5.91 Å². The molecule has 3 heterocycles. The van der Waals surface area contributed by atoms with Gasteiger partial charge in [-0.15, -0.1) is 0 Å². The van der Waals surface area contributed by atoms with E-state index in [1.807, 2.05) is 36.4 Å². The summed E-state index contributed by atoms with van der Waals surface area (Å²) in [7, 11) is 3.18. The molecule has 9 heteroatoms. The molecule has 0 bridgehead atoms. The fourth-order valence-electron chi connectivity index (χ4n) is 3.84. The molecule has 0 spiro atoms. The van der Waals surface area contributed by atoms with Crippen molar-refractivity contribution in [2.45, 2.75) is 25.9 Å². The number of hydrogen-bond acceptors (Lipinski definition) is 8. The van der Waals surface area contributed by atoms with Crippen molar-refractivity contribution in [1.29, 1.82) is 0 Å². The van der Waals surface area contributed by atoms with Gasteiger partial charge in [0.2, 0.25) is 17.6 Å². The third kappa shape index (κ3) is 5.23. The number of methoxy groups -OCH3 is 2. The first kappa shape index (κ1) is 21.8. The lowest BCUT2D eigenvalue weighted by atomic mass is 9.97. The second-order valence-corrected chi connectivity index (χ2v) is 7.69. The van der Waals surface area contributed by atoms with E-state index in [0.717, 1.165) is 30.6 Å². The quantitative estimate of drug-likeness (QED) is 0.574. The number of aromatic nitrogens is 3. The Morgan fingerprint density at radius 2 is 2.09 bits per heavy atom. The van der Waals surface area contributed by atoms with E-state index < -0.39 is 0 Å². The highest BCUT2D eigenvalue weighted by Gasteiger charge is 2.27. The lowest BCUT2D eigenvalue weighted by molar-refractivity contribution is -0.127. The normalized spacial score (nSPS) is 16.5. The summed E-state index contributed by atoms with van der Waals surface area (Å²) in [6, 6.07) is 11.2. The van der Waals surface area contributed by atoms with Crippen LogP contribution in [0.2, 0.25) is 0 Å². The summed E-state index contributed by atoms with van der Waals surface area (Å²) in [5.74, 6) is 2.23. The Bertz CT molecular complexity index is 1040. The first-order chi connectivity index (χ1) is 15.7. The van der Waals surface area contributed by atoms with Gasteiger partial charge in [-0.3, -0.25) is 14.7 Å². The van der Waals surface area contributed by atoms with Gasteiger partial charge in [0, 0.05) is 18.3 Å². The second kappa shape index (κ2) is 10.2. The molecule has 3 aromatic rings. The van der Waals surface area contributed by atoms with Gasteiger partial charge in [0.05, 0.1) is 38.9 Å². The summed E-state index contributed by atoms with van der Waals surface area (Å²) in [5, 5.41) is 7.10. The van der Waals surface area contributed by atoms with Crippen LogP contribution in [0.1, 0.15) is 24.4 Å². The zero-order valence-electron chi connectivity index (χ0n) is 18.3. The van der Waals surface area contributed by atoms with E-state index in [4.69, 9.17) is 14.0 Å². The Kier molecular flexibility index (Phi) is 6.96. The smallest absolute Gasteiger partial charge is 0.241 e. The third-order valence-corrected chi connectivity index (χ3v) is 5.51. The number of likely N-dealkylation sites (tertiary alicyclic amines) is 1. The first-order valence-electron chi connectivity index (χ1n) is 10.6. The average molecular weight is 438 g/mol. The van der Waals surface area contributed by atoms with Crippen molar-refractivity contribution < 1.29 is 18.8 Å². The van der Waals surface area contributed by atoms with Gasteiger partial charge in [-0.1, -0.05) is 11.2 Å². The molecule has 1 aromatic carbocycles. The van der Waals surface area contributed by atoms with Crippen LogP contribution in [0.15, 0.2) is 47.1 Å². The summed E-state index contributed by atoms with van der Waals surface area (Å²) in [6.07, 6.45) is 3.54. The van der Waals surface area contributed by atoms with Crippen molar-refractivity contribution in [3.63, 3.8) is 0 Å². The summed E-state index contributed by atoms with van der Waals surface area (Å²) in [6.45, 7) is 2.49. The van der Waals surface area contributed by atoms with E-state index in [-0.39, 0.29) is 11.8 Å². The van der Waals surface area contributed by atoms with Crippen LogP contribution in [-0.4, -0.2) is 53.2 Å². The number of piperidine rings is 1. The number of nitrogens with one attached hydrogen (secondary N) is 1. The van der Waals surface area contributed by atoms with Gasteiger partial charge >= 0.3 is 0 Å². The van der Waals surface area contributed by atoms with Crippen molar-refractivity contribution in [2.24, 2.45) is 5.92 Å². The van der Waals surface area contributed by atoms with Gasteiger partial charge in [-0.05, 0) is 49.7 Å². The molecule has 1 N–H and O–H groups in total. The molecule has 4 rings (SSSR count).